The third-order valence-corrected chi connectivity index (χ3v) is 5.93. The molecule has 0 saturated carbocycles. The fourth-order valence-corrected chi connectivity index (χ4v) is 4.42. The molecule has 10 heteroatoms. The molecule has 3 rings (SSSR count). The lowest BCUT2D eigenvalue weighted by Crippen LogP contribution is -2.32. The summed E-state index contributed by atoms with van der Waals surface area (Å²) in [5.74, 6) is -1.55. The topological polar surface area (TPSA) is 112 Å². The molecule has 1 aliphatic rings. The molecule has 156 valence electrons. The highest BCUT2D eigenvalue weighted by Gasteiger charge is 2.29. The van der Waals surface area contributed by atoms with E-state index in [0.717, 1.165) is 36.1 Å². The van der Waals surface area contributed by atoms with Gasteiger partial charge in [0.05, 0.1) is 12.2 Å². The Morgan fingerprint density at radius 1 is 1.28 bits per heavy atom. The normalized spacial score (nSPS) is 15.1. The van der Waals surface area contributed by atoms with E-state index in [9.17, 15) is 14.4 Å². The van der Waals surface area contributed by atoms with Gasteiger partial charge in [0.1, 0.15) is 23.7 Å². The quantitative estimate of drug-likeness (QED) is 0.685. The van der Waals surface area contributed by atoms with Crippen molar-refractivity contribution < 1.29 is 23.9 Å². The van der Waals surface area contributed by atoms with Gasteiger partial charge in [-0.25, -0.2) is 19.3 Å². The minimum absolute atomic E-state index is 0.255. The second-order valence-corrected chi connectivity index (χ2v) is 7.86. The van der Waals surface area contributed by atoms with Gasteiger partial charge in [0.2, 0.25) is 0 Å². The molecule has 2 atom stereocenters. The van der Waals surface area contributed by atoms with Crippen LogP contribution in [0.1, 0.15) is 60.5 Å². The van der Waals surface area contributed by atoms with Gasteiger partial charge in [0.15, 0.2) is 6.10 Å². The molecular weight excluding hydrogens is 396 g/mol. The van der Waals surface area contributed by atoms with E-state index >= 15 is 0 Å². The van der Waals surface area contributed by atoms with Crippen molar-refractivity contribution in [3.8, 4) is 0 Å². The number of fused-ring (bicyclic) bond motifs is 1. The van der Waals surface area contributed by atoms with Gasteiger partial charge >= 0.3 is 11.9 Å². The molecule has 1 aliphatic carbocycles. The molecule has 0 aromatic carbocycles. The molecule has 0 bridgehead atoms. The van der Waals surface area contributed by atoms with Gasteiger partial charge in [-0.1, -0.05) is 0 Å². The monoisotopic (exact) mass is 420 g/mol. The lowest BCUT2D eigenvalue weighted by molar-refractivity contribution is -0.156. The van der Waals surface area contributed by atoms with E-state index in [1.807, 2.05) is 0 Å². The van der Waals surface area contributed by atoms with Crippen LogP contribution in [0.15, 0.2) is 12.7 Å². The van der Waals surface area contributed by atoms with Crippen LogP contribution >= 0.6 is 11.3 Å². The smallest absolute Gasteiger partial charge is 0.341 e. The van der Waals surface area contributed by atoms with Crippen LogP contribution in [-0.4, -0.2) is 45.3 Å². The largest absolute Gasteiger partial charge is 0.462 e. The van der Waals surface area contributed by atoms with Crippen molar-refractivity contribution in [3.05, 3.63) is 28.7 Å². The molecule has 0 unspecified atom stereocenters. The van der Waals surface area contributed by atoms with E-state index in [2.05, 4.69) is 15.4 Å². The third-order valence-electron chi connectivity index (χ3n) is 4.72. The average molecular weight is 420 g/mol. The summed E-state index contributed by atoms with van der Waals surface area (Å²) in [5.41, 5.74) is 1.38. The van der Waals surface area contributed by atoms with Crippen LogP contribution in [0.4, 0.5) is 5.00 Å². The number of amides is 1. The van der Waals surface area contributed by atoms with Crippen molar-refractivity contribution in [2.24, 2.45) is 0 Å². The summed E-state index contributed by atoms with van der Waals surface area (Å²) >= 11 is 1.39. The molecule has 2 aromatic rings. The molecule has 2 heterocycles. The summed E-state index contributed by atoms with van der Waals surface area (Å²) in [7, 11) is 0. The molecule has 2 aromatic heterocycles. The van der Waals surface area contributed by atoms with Gasteiger partial charge in [-0.2, -0.15) is 5.10 Å². The SMILES string of the molecule is CCOC(=O)c1c(NC(=O)[C@H](C)OC(=O)[C@H](C)n2cncn2)sc2c1CCCC2. The number of nitrogens with zero attached hydrogens (tertiary/aromatic N) is 3. The van der Waals surface area contributed by atoms with Crippen molar-refractivity contribution in [2.75, 3.05) is 11.9 Å². The van der Waals surface area contributed by atoms with E-state index in [1.54, 1.807) is 13.8 Å². The number of carbonyl (C=O) groups is 3. The average Bonchev–Trinajstić information content (AvgIpc) is 3.35. The number of esters is 2. The molecule has 29 heavy (non-hydrogen) atoms. The first-order valence-electron chi connectivity index (χ1n) is 9.59. The van der Waals surface area contributed by atoms with Gasteiger partial charge in [0, 0.05) is 4.88 Å². The van der Waals surface area contributed by atoms with Gasteiger partial charge in [-0.05, 0) is 52.0 Å². The van der Waals surface area contributed by atoms with Gasteiger partial charge < -0.3 is 14.8 Å². The van der Waals surface area contributed by atoms with Crippen molar-refractivity contribution in [3.63, 3.8) is 0 Å². The Labute approximate surface area is 172 Å². The number of ether oxygens (including phenoxy) is 2. The Morgan fingerprint density at radius 3 is 2.72 bits per heavy atom. The number of hydrogen-bond acceptors (Lipinski definition) is 8. The zero-order valence-corrected chi connectivity index (χ0v) is 17.5. The first-order chi connectivity index (χ1) is 13.9. The van der Waals surface area contributed by atoms with Crippen LogP contribution in [0.2, 0.25) is 0 Å². The van der Waals surface area contributed by atoms with E-state index in [4.69, 9.17) is 9.47 Å². The second-order valence-electron chi connectivity index (χ2n) is 6.76. The molecule has 1 amide bonds. The third kappa shape index (κ3) is 4.64. The van der Waals surface area contributed by atoms with Crippen LogP contribution in [0.3, 0.4) is 0 Å². The van der Waals surface area contributed by atoms with Gasteiger partial charge in [-0.3, -0.25) is 4.79 Å². The number of carbonyl (C=O) groups excluding carboxylic acids is 3. The highest BCUT2D eigenvalue weighted by Crippen LogP contribution is 2.38. The standard InChI is InChI=1S/C19H24N4O5S/c1-4-27-19(26)15-13-7-5-6-8-14(13)29-17(15)22-16(24)12(3)28-18(25)11(2)23-10-20-9-21-23/h9-12H,4-8H2,1-3H3,(H,22,24)/t11-,12-/m0/s1. The molecule has 9 nitrogen and oxygen atoms in total. The summed E-state index contributed by atoms with van der Waals surface area (Å²) in [6, 6.07) is -0.711. The molecule has 0 radical (unpaired) electrons. The van der Waals surface area contributed by atoms with E-state index in [1.165, 1.54) is 35.6 Å². The maximum atomic E-state index is 12.6. The van der Waals surface area contributed by atoms with E-state index < -0.39 is 30.0 Å². The van der Waals surface area contributed by atoms with Crippen LogP contribution < -0.4 is 5.32 Å². The molecule has 0 spiro atoms. The Hall–Kier alpha value is -2.75. The van der Waals surface area contributed by atoms with Crippen molar-refractivity contribution >= 4 is 34.2 Å². The van der Waals surface area contributed by atoms with Crippen molar-refractivity contribution in [1.29, 1.82) is 0 Å². The number of rotatable bonds is 7. The minimum atomic E-state index is -1.04. The number of nitrogens with one attached hydrogen (secondary N) is 1. The predicted octanol–water partition coefficient (Wildman–Crippen LogP) is 2.53. The number of aromatic nitrogens is 3. The van der Waals surface area contributed by atoms with Crippen LogP contribution in [0, 0.1) is 0 Å². The number of hydrogen-bond donors (Lipinski definition) is 1. The van der Waals surface area contributed by atoms with Crippen LogP contribution in [0.5, 0.6) is 0 Å². The Morgan fingerprint density at radius 2 is 2.03 bits per heavy atom. The lowest BCUT2D eigenvalue weighted by Gasteiger charge is -2.16. The Balaban J connectivity index is 1.71. The zero-order valence-electron chi connectivity index (χ0n) is 16.6. The van der Waals surface area contributed by atoms with Crippen LogP contribution in [0.25, 0.3) is 0 Å². The van der Waals surface area contributed by atoms with E-state index in [-0.39, 0.29) is 6.61 Å². The molecule has 0 aliphatic heterocycles. The lowest BCUT2D eigenvalue weighted by atomic mass is 9.95. The van der Waals surface area contributed by atoms with Crippen molar-refractivity contribution in [2.45, 2.75) is 58.6 Å². The number of thiophene rings is 1. The first kappa shape index (κ1) is 21.0. The minimum Gasteiger partial charge on any atom is -0.462 e. The molecule has 1 N–H and O–H groups in total. The summed E-state index contributed by atoms with van der Waals surface area (Å²) in [4.78, 5) is 42.3. The molecule has 0 fully saturated rings. The second kappa shape index (κ2) is 9.17. The Bertz CT molecular complexity index is 893. The summed E-state index contributed by atoms with van der Waals surface area (Å²) in [6.45, 7) is 5.09. The highest BCUT2D eigenvalue weighted by atomic mass is 32.1. The molecule has 0 saturated heterocycles. The fraction of sp³-hybridized carbons (Fsp3) is 0.526. The maximum absolute atomic E-state index is 12.6. The number of anilines is 1. The predicted molar refractivity (Wildman–Crippen MR) is 106 cm³/mol. The highest BCUT2D eigenvalue weighted by molar-refractivity contribution is 7.17. The van der Waals surface area contributed by atoms with Gasteiger partial charge in [0.25, 0.3) is 5.91 Å². The molecular formula is C19H24N4O5S. The van der Waals surface area contributed by atoms with Crippen LogP contribution in [-0.2, 0) is 31.9 Å². The summed E-state index contributed by atoms with van der Waals surface area (Å²) in [5, 5.41) is 7.10. The van der Waals surface area contributed by atoms with Gasteiger partial charge in [-0.15, -0.1) is 11.3 Å². The van der Waals surface area contributed by atoms with Crippen molar-refractivity contribution in [1.82, 2.24) is 14.8 Å². The fourth-order valence-electron chi connectivity index (χ4n) is 3.14. The first-order valence-corrected chi connectivity index (χ1v) is 10.4. The number of aryl methyl sites for hydroxylation is 1. The maximum Gasteiger partial charge on any atom is 0.341 e. The van der Waals surface area contributed by atoms with E-state index in [0.29, 0.717) is 10.6 Å². The Kier molecular flexibility index (Phi) is 6.63. The zero-order chi connectivity index (χ0) is 21.0. The summed E-state index contributed by atoms with van der Waals surface area (Å²) in [6.07, 6.45) is 5.39. The summed E-state index contributed by atoms with van der Waals surface area (Å²) < 4.78 is 11.8.